The summed E-state index contributed by atoms with van der Waals surface area (Å²) in [5.41, 5.74) is 2.16. The van der Waals surface area contributed by atoms with E-state index < -0.39 is 0 Å². The molecule has 0 amide bonds. The van der Waals surface area contributed by atoms with Crippen molar-refractivity contribution in [2.24, 2.45) is 0 Å². The monoisotopic (exact) mass is 214 g/mol. The third kappa shape index (κ3) is 2.43. The van der Waals surface area contributed by atoms with Crippen LogP contribution in [0.4, 0.5) is 0 Å². The van der Waals surface area contributed by atoms with Gasteiger partial charge in [0.1, 0.15) is 0 Å². The largest absolute Gasteiger partial charge is 0.304 e. The highest BCUT2D eigenvalue weighted by Gasteiger charge is 2.19. The topological polar surface area (TPSA) is 27.0 Å². The lowest BCUT2D eigenvalue weighted by Crippen LogP contribution is -2.32. The molecule has 1 aliphatic heterocycles. The Bertz CT molecular complexity index is 367. The minimum absolute atomic E-state index is 0.690. The fraction of sp³-hybridized carbons (Fsp3) is 0.500. The molecule has 0 unspecified atom stereocenters. The average molecular weight is 214 g/mol. The van der Waals surface area contributed by atoms with E-state index in [1.54, 1.807) is 0 Å². The van der Waals surface area contributed by atoms with E-state index in [2.05, 4.69) is 30.0 Å². The van der Waals surface area contributed by atoms with Crippen LogP contribution in [0.25, 0.3) is 0 Å². The van der Waals surface area contributed by atoms with Gasteiger partial charge in [-0.2, -0.15) is 5.26 Å². The summed E-state index contributed by atoms with van der Waals surface area (Å²) in [6, 6.07) is 10.3. The second-order valence-corrected chi connectivity index (χ2v) is 4.44. The van der Waals surface area contributed by atoms with E-state index in [-0.39, 0.29) is 0 Å². The maximum atomic E-state index is 8.75. The van der Waals surface area contributed by atoms with Crippen molar-refractivity contribution in [3.63, 3.8) is 0 Å². The van der Waals surface area contributed by atoms with Gasteiger partial charge in [0.25, 0.3) is 0 Å². The smallest absolute Gasteiger partial charge is 0.0991 e. The molecule has 16 heavy (non-hydrogen) atoms. The van der Waals surface area contributed by atoms with Crippen LogP contribution < -0.4 is 0 Å². The van der Waals surface area contributed by atoms with Crippen molar-refractivity contribution in [1.82, 2.24) is 4.90 Å². The van der Waals surface area contributed by atoms with Crippen LogP contribution in [0, 0.1) is 11.3 Å². The van der Waals surface area contributed by atoms with Crippen LogP contribution in [0.2, 0.25) is 0 Å². The van der Waals surface area contributed by atoms with Gasteiger partial charge in [0.15, 0.2) is 0 Å². The first-order valence-corrected chi connectivity index (χ1v) is 6.06. The van der Waals surface area contributed by atoms with Crippen LogP contribution in [-0.2, 0) is 0 Å². The molecule has 1 aromatic rings. The summed E-state index contributed by atoms with van der Waals surface area (Å²) in [6.45, 7) is 5.81. The number of nitrogens with zero attached hydrogens (tertiary/aromatic N) is 2. The Labute approximate surface area is 97.5 Å². The number of likely N-dealkylation sites (tertiary alicyclic amines) is 1. The van der Waals surface area contributed by atoms with E-state index in [4.69, 9.17) is 5.26 Å². The van der Waals surface area contributed by atoms with Crippen LogP contribution in [0.1, 0.15) is 36.8 Å². The Morgan fingerprint density at radius 1 is 1.25 bits per heavy atom. The quantitative estimate of drug-likeness (QED) is 0.757. The van der Waals surface area contributed by atoms with Gasteiger partial charge in [-0.1, -0.05) is 19.1 Å². The molecule has 2 heteroatoms. The number of nitriles is 1. The molecule has 1 aromatic carbocycles. The first-order chi connectivity index (χ1) is 7.83. The van der Waals surface area contributed by atoms with Gasteiger partial charge in [0.2, 0.25) is 0 Å². The predicted octanol–water partition coefficient (Wildman–Crippen LogP) is 2.76. The van der Waals surface area contributed by atoms with Gasteiger partial charge in [0, 0.05) is 0 Å². The Kier molecular flexibility index (Phi) is 3.58. The summed E-state index contributed by atoms with van der Waals surface area (Å²) >= 11 is 0. The van der Waals surface area contributed by atoms with E-state index in [9.17, 15) is 0 Å². The average Bonchev–Trinajstić information content (AvgIpc) is 2.39. The van der Waals surface area contributed by atoms with Gasteiger partial charge in [-0.25, -0.2) is 0 Å². The van der Waals surface area contributed by atoms with E-state index in [1.807, 2.05) is 12.1 Å². The normalized spacial score (nSPS) is 18.2. The molecule has 0 aliphatic carbocycles. The van der Waals surface area contributed by atoms with Crippen molar-refractivity contribution in [2.75, 3.05) is 19.6 Å². The summed E-state index contributed by atoms with van der Waals surface area (Å²) in [6.07, 6.45) is 2.50. The minimum Gasteiger partial charge on any atom is -0.304 e. The van der Waals surface area contributed by atoms with Crippen molar-refractivity contribution in [1.29, 1.82) is 5.26 Å². The van der Waals surface area contributed by atoms with Gasteiger partial charge in [-0.15, -0.1) is 0 Å². The molecule has 0 saturated carbocycles. The van der Waals surface area contributed by atoms with Gasteiger partial charge >= 0.3 is 0 Å². The van der Waals surface area contributed by atoms with Crippen LogP contribution in [0.5, 0.6) is 0 Å². The van der Waals surface area contributed by atoms with Crippen molar-refractivity contribution < 1.29 is 0 Å². The zero-order valence-electron chi connectivity index (χ0n) is 9.82. The molecule has 0 atom stereocenters. The number of rotatable bonds is 2. The third-order valence-corrected chi connectivity index (χ3v) is 3.55. The SMILES string of the molecule is CCN1CCC(c2ccc(C#N)cc2)CC1. The van der Waals surface area contributed by atoms with E-state index in [0.29, 0.717) is 5.92 Å². The van der Waals surface area contributed by atoms with Crippen LogP contribution in [0.15, 0.2) is 24.3 Å². The molecule has 1 fully saturated rings. The summed E-state index contributed by atoms with van der Waals surface area (Å²) in [7, 11) is 0. The molecule has 2 rings (SSSR count). The molecule has 84 valence electrons. The number of hydrogen-bond acceptors (Lipinski definition) is 2. The zero-order chi connectivity index (χ0) is 11.4. The minimum atomic E-state index is 0.690. The fourth-order valence-corrected chi connectivity index (χ4v) is 2.41. The molecular weight excluding hydrogens is 196 g/mol. The van der Waals surface area contributed by atoms with Crippen LogP contribution >= 0.6 is 0 Å². The molecule has 0 bridgehead atoms. The van der Waals surface area contributed by atoms with Crippen molar-refractivity contribution in [3.8, 4) is 6.07 Å². The Morgan fingerprint density at radius 3 is 2.38 bits per heavy atom. The lowest BCUT2D eigenvalue weighted by molar-refractivity contribution is 0.222. The number of piperidine rings is 1. The van der Waals surface area contributed by atoms with Crippen LogP contribution in [0.3, 0.4) is 0 Å². The van der Waals surface area contributed by atoms with Gasteiger partial charge in [0.05, 0.1) is 11.6 Å². The number of benzene rings is 1. The maximum Gasteiger partial charge on any atom is 0.0991 e. The predicted molar refractivity (Wildman–Crippen MR) is 65.2 cm³/mol. The van der Waals surface area contributed by atoms with Gasteiger partial charge < -0.3 is 4.90 Å². The Balaban J connectivity index is 2.00. The summed E-state index contributed by atoms with van der Waals surface area (Å²) < 4.78 is 0. The molecule has 1 heterocycles. The third-order valence-electron chi connectivity index (χ3n) is 3.55. The second kappa shape index (κ2) is 5.14. The molecule has 0 N–H and O–H groups in total. The molecule has 1 saturated heterocycles. The molecule has 1 aliphatic rings. The zero-order valence-corrected chi connectivity index (χ0v) is 9.82. The Morgan fingerprint density at radius 2 is 1.88 bits per heavy atom. The summed E-state index contributed by atoms with van der Waals surface area (Å²) in [5, 5.41) is 8.75. The standard InChI is InChI=1S/C14H18N2/c1-2-16-9-7-14(8-10-16)13-5-3-12(11-15)4-6-13/h3-6,14H,2,7-10H2,1H3. The second-order valence-electron chi connectivity index (χ2n) is 4.44. The highest BCUT2D eigenvalue weighted by Crippen LogP contribution is 2.27. The van der Waals surface area contributed by atoms with Crippen LogP contribution in [-0.4, -0.2) is 24.5 Å². The van der Waals surface area contributed by atoms with E-state index in [1.165, 1.54) is 38.0 Å². The van der Waals surface area contributed by atoms with E-state index >= 15 is 0 Å². The molecule has 0 spiro atoms. The number of hydrogen-bond donors (Lipinski definition) is 0. The molecular formula is C14H18N2. The molecule has 0 radical (unpaired) electrons. The summed E-state index contributed by atoms with van der Waals surface area (Å²) in [5.74, 6) is 0.690. The first-order valence-electron chi connectivity index (χ1n) is 6.06. The van der Waals surface area contributed by atoms with Gasteiger partial charge in [-0.3, -0.25) is 0 Å². The van der Waals surface area contributed by atoms with Gasteiger partial charge in [-0.05, 0) is 56.1 Å². The highest BCUT2D eigenvalue weighted by molar-refractivity contribution is 5.33. The highest BCUT2D eigenvalue weighted by atomic mass is 15.1. The lowest BCUT2D eigenvalue weighted by Gasteiger charge is -2.31. The van der Waals surface area contributed by atoms with Crippen molar-refractivity contribution >= 4 is 0 Å². The first kappa shape index (κ1) is 11.2. The molecule has 0 aromatic heterocycles. The summed E-state index contributed by atoms with van der Waals surface area (Å²) in [4.78, 5) is 2.50. The molecule has 2 nitrogen and oxygen atoms in total. The lowest BCUT2D eigenvalue weighted by atomic mass is 9.89. The maximum absolute atomic E-state index is 8.75. The van der Waals surface area contributed by atoms with E-state index in [0.717, 1.165) is 5.56 Å². The Hall–Kier alpha value is -1.33. The van der Waals surface area contributed by atoms with Crippen molar-refractivity contribution in [2.45, 2.75) is 25.7 Å². The fourth-order valence-electron chi connectivity index (χ4n) is 2.41. The van der Waals surface area contributed by atoms with Crippen molar-refractivity contribution in [3.05, 3.63) is 35.4 Å².